The highest BCUT2D eigenvalue weighted by Gasteiger charge is 2.47. The Kier molecular flexibility index (Phi) is 42.2. The van der Waals surface area contributed by atoms with Gasteiger partial charge in [0.2, 0.25) is 5.91 Å². The molecule has 8 unspecified atom stereocenters. The van der Waals surface area contributed by atoms with Gasteiger partial charge in [-0.15, -0.1) is 0 Å². The van der Waals surface area contributed by atoms with Crippen LogP contribution in [0.25, 0.3) is 0 Å². The van der Waals surface area contributed by atoms with Crippen molar-refractivity contribution in [2.75, 3.05) is 13.2 Å². The minimum absolute atomic E-state index is 0.0637. The highest BCUT2D eigenvalue weighted by atomic mass is 16.7. The minimum Gasteiger partial charge on any atom is -0.454 e. The normalized spacial score (nSPS) is 20.7. The lowest BCUT2D eigenvalue weighted by molar-refractivity contribution is -0.305. The number of carbonyl (C=O) groups is 2. The highest BCUT2D eigenvalue weighted by Crippen LogP contribution is 2.26. The van der Waals surface area contributed by atoms with Gasteiger partial charge >= 0.3 is 5.97 Å². The molecular weight excluding hydrogens is 883 g/mol. The van der Waals surface area contributed by atoms with Crippen LogP contribution in [0.1, 0.15) is 175 Å². The molecule has 1 fully saturated rings. The molecule has 11 heteroatoms. The van der Waals surface area contributed by atoms with E-state index in [1.807, 2.05) is 91.1 Å². The van der Waals surface area contributed by atoms with E-state index in [1.165, 1.54) is 44.9 Å². The maximum Gasteiger partial charge on any atom is 0.306 e. The molecule has 1 heterocycles. The SMILES string of the molecule is CC/C=C/C=C/C=C\C=C/C=C/CCCCCC(=O)OC1C(OCC(NC(=O)C(O)CCCCCC\C=C/C=C/C=C/C=C/CC)C(O)/C=C/CCCCCCCCCCCC)OC(CO)C(O)C1O. The summed E-state index contributed by atoms with van der Waals surface area (Å²) in [7, 11) is 0. The molecule has 8 atom stereocenters. The second kappa shape index (κ2) is 46.2. The molecule has 1 aliphatic heterocycles. The monoisotopic (exact) mass is 978 g/mol. The fraction of sp³-hybridized carbons (Fsp3) is 0.627. The molecule has 0 saturated carbocycles. The molecule has 11 nitrogen and oxygen atoms in total. The zero-order valence-electron chi connectivity index (χ0n) is 43.3. The predicted octanol–water partition coefficient (Wildman–Crippen LogP) is 11.5. The molecule has 0 aromatic carbocycles. The van der Waals surface area contributed by atoms with E-state index in [-0.39, 0.29) is 19.4 Å². The van der Waals surface area contributed by atoms with Crippen LogP contribution >= 0.6 is 0 Å². The number of hydrogen-bond acceptors (Lipinski definition) is 10. The van der Waals surface area contributed by atoms with Crippen LogP contribution in [0.15, 0.2) is 122 Å². The molecule has 1 rings (SSSR count). The Morgan fingerprint density at radius 1 is 0.571 bits per heavy atom. The number of aliphatic hydroxyl groups excluding tert-OH is 5. The van der Waals surface area contributed by atoms with Crippen molar-refractivity contribution >= 4 is 11.9 Å². The first-order valence-corrected chi connectivity index (χ1v) is 26.9. The van der Waals surface area contributed by atoms with Crippen LogP contribution < -0.4 is 5.32 Å². The van der Waals surface area contributed by atoms with Crippen LogP contribution in [0.2, 0.25) is 0 Å². The molecule has 1 aliphatic rings. The highest BCUT2D eigenvalue weighted by molar-refractivity contribution is 5.80. The lowest BCUT2D eigenvalue weighted by atomic mass is 9.99. The summed E-state index contributed by atoms with van der Waals surface area (Å²) in [6.07, 6.45) is 52.4. The molecule has 0 aromatic heterocycles. The van der Waals surface area contributed by atoms with Crippen molar-refractivity contribution < 1.29 is 49.3 Å². The van der Waals surface area contributed by atoms with Crippen molar-refractivity contribution in [3.63, 3.8) is 0 Å². The fourth-order valence-electron chi connectivity index (χ4n) is 7.56. The van der Waals surface area contributed by atoms with Crippen LogP contribution in [0, 0.1) is 0 Å². The second-order valence-corrected chi connectivity index (χ2v) is 18.1. The van der Waals surface area contributed by atoms with Crippen molar-refractivity contribution in [1.82, 2.24) is 5.32 Å². The maximum atomic E-state index is 13.3. The molecule has 0 spiro atoms. The van der Waals surface area contributed by atoms with Crippen LogP contribution in [0.5, 0.6) is 0 Å². The Labute approximate surface area is 423 Å². The van der Waals surface area contributed by atoms with Crippen molar-refractivity contribution in [2.24, 2.45) is 0 Å². The number of rotatable bonds is 42. The van der Waals surface area contributed by atoms with Gasteiger partial charge in [-0.05, 0) is 64.2 Å². The summed E-state index contributed by atoms with van der Waals surface area (Å²) in [4.78, 5) is 26.4. The molecule has 1 amide bonds. The Morgan fingerprint density at radius 2 is 1.03 bits per heavy atom. The summed E-state index contributed by atoms with van der Waals surface area (Å²) in [6.45, 7) is 5.42. The average Bonchev–Trinajstić information content (AvgIpc) is 3.36. The van der Waals surface area contributed by atoms with Gasteiger partial charge in [-0.25, -0.2) is 0 Å². The summed E-state index contributed by atoms with van der Waals surface area (Å²) in [5.74, 6) is -1.28. The third-order valence-corrected chi connectivity index (χ3v) is 11.8. The topological polar surface area (TPSA) is 175 Å². The molecule has 0 bridgehead atoms. The zero-order valence-corrected chi connectivity index (χ0v) is 43.3. The van der Waals surface area contributed by atoms with E-state index in [9.17, 15) is 35.1 Å². The molecule has 1 saturated heterocycles. The summed E-state index contributed by atoms with van der Waals surface area (Å²) < 4.78 is 17.5. The molecule has 6 N–H and O–H groups in total. The van der Waals surface area contributed by atoms with Crippen molar-refractivity contribution in [3.8, 4) is 0 Å². The summed E-state index contributed by atoms with van der Waals surface area (Å²) >= 11 is 0. The van der Waals surface area contributed by atoms with Gasteiger partial charge in [-0.1, -0.05) is 226 Å². The number of unbranched alkanes of at least 4 members (excludes halogenated alkanes) is 17. The Balaban J connectivity index is 2.83. The summed E-state index contributed by atoms with van der Waals surface area (Å²) in [6, 6.07) is -1.05. The third kappa shape index (κ3) is 34.4. The molecule has 0 radical (unpaired) electrons. The van der Waals surface area contributed by atoms with Crippen molar-refractivity contribution in [3.05, 3.63) is 122 Å². The Hall–Kier alpha value is -3.94. The fourth-order valence-corrected chi connectivity index (χ4v) is 7.56. The van der Waals surface area contributed by atoms with E-state index in [2.05, 4.69) is 50.4 Å². The van der Waals surface area contributed by atoms with E-state index in [4.69, 9.17) is 14.2 Å². The third-order valence-electron chi connectivity index (χ3n) is 11.8. The summed E-state index contributed by atoms with van der Waals surface area (Å²) in [5, 5.41) is 56.7. The zero-order chi connectivity index (χ0) is 51.1. The van der Waals surface area contributed by atoms with Gasteiger partial charge in [0.1, 0.15) is 24.4 Å². The number of ether oxygens (including phenoxy) is 3. The number of carbonyl (C=O) groups excluding carboxylic acids is 2. The van der Waals surface area contributed by atoms with Gasteiger partial charge in [-0.2, -0.15) is 0 Å². The van der Waals surface area contributed by atoms with E-state index >= 15 is 0 Å². The van der Waals surface area contributed by atoms with E-state index in [0.717, 1.165) is 83.5 Å². The van der Waals surface area contributed by atoms with Crippen LogP contribution in [0.4, 0.5) is 0 Å². The molecular formula is C59H95NO10. The molecule has 70 heavy (non-hydrogen) atoms. The standard InChI is InChI=1S/C59H95NO10/c1-4-7-10-13-16-19-22-25-27-29-32-35-38-41-44-47-54(64)70-57-56(66)55(65)53(48-61)69-59(57)68-49-50(51(62)45-42-39-36-33-30-24-21-18-15-12-9-6-3)60-58(67)52(63)46-43-40-37-34-31-28-26-23-20-17-14-11-8-5-2/h7-8,10-11,13-14,16-17,19-20,22-23,25-29,32,42,45,50-53,55-57,59,61-63,65-66H,4-6,9,12,15,18,21,24,30-31,33-41,43-44,46-49H2,1-3H3,(H,60,67)/b10-7+,11-8+,16-13+,17-14+,22-19-,23-20+,27-25-,28-26-,32-29+,45-42+. The van der Waals surface area contributed by atoms with E-state index < -0.39 is 67.4 Å². The van der Waals surface area contributed by atoms with E-state index in [0.29, 0.717) is 12.8 Å². The van der Waals surface area contributed by atoms with Gasteiger partial charge in [-0.3, -0.25) is 9.59 Å². The summed E-state index contributed by atoms with van der Waals surface area (Å²) in [5.41, 5.74) is 0. The second-order valence-electron chi connectivity index (χ2n) is 18.1. The van der Waals surface area contributed by atoms with Gasteiger partial charge in [0, 0.05) is 6.42 Å². The number of amides is 1. The quantitative estimate of drug-likeness (QED) is 0.0149. The lowest BCUT2D eigenvalue weighted by Crippen LogP contribution is -2.61. The average molecular weight is 978 g/mol. The first-order valence-electron chi connectivity index (χ1n) is 26.9. The Morgan fingerprint density at radius 3 is 1.54 bits per heavy atom. The van der Waals surface area contributed by atoms with Crippen LogP contribution in [-0.4, -0.2) is 99.6 Å². The van der Waals surface area contributed by atoms with Crippen molar-refractivity contribution in [1.29, 1.82) is 0 Å². The number of allylic oxidation sites excluding steroid dienone is 19. The van der Waals surface area contributed by atoms with Crippen molar-refractivity contribution in [2.45, 2.75) is 224 Å². The molecule has 0 aliphatic carbocycles. The number of aliphatic hydroxyl groups is 5. The van der Waals surface area contributed by atoms with E-state index in [1.54, 1.807) is 6.08 Å². The van der Waals surface area contributed by atoms with Gasteiger partial charge in [0.05, 0.1) is 25.4 Å². The number of esters is 1. The predicted molar refractivity (Wildman–Crippen MR) is 287 cm³/mol. The first kappa shape index (κ1) is 64.1. The van der Waals surface area contributed by atoms with Gasteiger partial charge in [0.25, 0.3) is 0 Å². The smallest absolute Gasteiger partial charge is 0.306 e. The molecule has 396 valence electrons. The largest absolute Gasteiger partial charge is 0.454 e. The first-order chi connectivity index (χ1) is 34.2. The van der Waals surface area contributed by atoms with Crippen LogP contribution in [0.3, 0.4) is 0 Å². The van der Waals surface area contributed by atoms with Crippen LogP contribution in [-0.2, 0) is 23.8 Å². The number of nitrogens with one attached hydrogen (secondary N) is 1. The van der Waals surface area contributed by atoms with Gasteiger partial charge < -0.3 is 45.1 Å². The maximum absolute atomic E-state index is 13.3. The van der Waals surface area contributed by atoms with Gasteiger partial charge in [0.15, 0.2) is 12.4 Å². The number of hydrogen-bond donors (Lipinski definition) is 6. The minimum atomic E-state index is -1.64. The Bertz CT molecular complexity index is 1590. The molecule has 0 aromatic rings. The lowest BCUT2D eigenvalue weighted by Gasteiger charge is -2.41.